The van der Waals surface area contributed by atoms with Crippen LogP contribution in [0.25, 0.3) is 10.9 Å². The van der Waals surface area contributed by atoms with E-state index in [9.17, 15) is 68.1 Å². The minimum Gasteiger partial charge on any atom is -0.508 e. The number of carbonyl (C=O) groups excluding carboxylic acids is 10. The van der Waals surface area contributed by atoms with Crippen molar-refractivity contribution in [2.75, 3.05) is 40.3 Å². The number of carbonyl (C=O) groups is 11. The van der Waals surface area contributed by atoms with Gasteiger partial charge in [0, 0.05) is 50.9 Å². The van der Waals surface area contributed by atoms with E-state index in [0.717, 1.165) is 9.80 Å². The third-order valence-corrected chi connectivity index (χ3v) is 15.4. The van der Waals surface area contributed by atoms with Crippen molar-refractivity contribution in [3.8, 4) is 17.2 Å². The molecule has 0 aliphatic carbocycles. The summed E-state index contributed by atoms with van der Waals surface area (Å²) in [4.78, 5) is 160. The molecule has 3 heterocycles. The molecule has 10 amide bonds. The number of benzene rings is 4. The number of hydrogen-bond donors (Lipinski definition) is 12. The quantitative estimate of drug-likeness (QED) is 0.0636. The van der Waals surface area contributed by atoms with Crippen LogP contribution in [-0.4, -0.2) is 178 Å². The van der Waals surface area contributed by atoms with Crippen molar-refractivity contribution in [1.82, 2.24) is 57.3 Å². The fourth-order valence-corrected chi connectivity index (χ4v) is 10.5. The Balaban J connectivity index is 1.26. The van der Waals surface area contributed by atoms with Crippen LogP contribution in [0.15, 0.2) is 103 Å². The fourth-order valence-electron chi connectivity index (χ4n) is 10.5. The Morgan fingerprint density at radius 3 is 1.78 bits per heavy atom. The number of carboxylic acids is 1. The van der Waals surface area contributed by atoms with Crippen molar-refractivity contribution >= 4 is 75.9 Å². The van der Waals surface area contributed by atoms with Crippen LogP contribution in [-0.2, 0) is 78.4 Å². The van der Waals surface area contributed by atoms with Crippen molar-refractivity contribution in [3.63, 3.8) is 0 Å². The van der Waals surface area contributed by atoms with Crippen molar-refractivity contribution in [2.24, 2.45) is 0 Å². The van der Waals surface area contributed by atoms with Crippen molar-refractivity contribution in [3.05, 3.63) is 126 Å². The molecule has 26 heteroatoms. The maximum Gasteiger partial charge on any atom is 0.305 e. The number of aliphatic carboxylic acids is 1. The Hall–Kier alpha value is -10.0. The molecule has 4 aromatic carbocycles. The van der Waals surface area contributed by atoms with Gasteiger partial charge in [-0.05, 0) is 71.8 Å². The maximum absolute atomic E-state index is 14.9. The lowest BCUT2D eigenvalue weighted by Crippen LogP contribution is -2.60. The number of carboxylic acid groups (broad SMARTS) is 1. The molecule has 468 valence electrons. The predicted molar refractivity (Wildman–Crippen MR) is 319 cm³/mol. The van der Waals surface area contributed by atoms with Crippen molar-refractivity contribution in [2.45, 2.75) is 120 Å². The summed E-state index contributed by atoms with van der Waals surface area (Å²) < 4.78 is 5.55. The third kappa shape index (κ3) is 18.3. The van der Waals surface area contributed by atoms with E-state index in [4.69, 9.17) is 4.74 Å². The SMILES string of the molecule is CCCCC[C@@H]1NC(=O)[C@H](Cc2ccc(O)cc2)NC(=O)[C@H](Cc2ccccc2)N(C)C(=O)CNC(=O)CNC(=O)[C@H]2CCCN2C(=O)[C@H](CC(=O)O)NC(=O)[C@H](Cc2ccc(O)cc2)NC(=O)CNC(=O)[C@H](Cc2c[nH]c3c(OC)cccc23)NC1=O. The van der Waals surface area contributed by atoms with Gasteiger partial charge in [0.05, 0.1) is 38.7 Å². The van der Waals surface area contributed by atoms with Crippen LogP contribution in [0.3, 0.4) is 0 Å². The van der Waals surface area contributed by atoms with Gasteiger partial charge in [0.25, 0.3) is 0 Å². The van der Waals surface area contributed by atoms with E-state index < -0.39 is 133 Å². The summed E-state index contributed by atoms with van der Waals surface area (Å²) >= 11 is 0. The van der Waals surface area contributed by atoms with Gasteiger partial charge < -0.3 is 77.4 Å². The van der Waals surface area contributed by atoms with Gasteiger partial charge in [-0.3, -0.25) is 52.7 Å². The molecule has 12 N–H and O–H groups in total. The van der Waals surface area contributed by atoms with Gasteiger partial charge in [-0.25, -0.2) is 0 Å². The molecule has 1 aromatic heterocycles. The number of nitrogens with zero attached hydrogens (tertiary/aromatic N) is 2. The first-order chi connectivity index (χ1) is 42.2. The second-order valence-corrected chi connectivity index (χ2v) is 21.7. The number of unbranched alkanes of at least 4 members (excludes halogenated alkanes) is 2. The van der Waals surface area contributed by atoms with Gasteiger partial charge in [-0.2, -0.15) is 0 Å². The number of ether oxygens (including phenoxy) is 1. The number of rotatable bonds is 15. The summed E-state index contributed by atoms with van der Waals surface area (Å²) in [6.45, 7) is -0.247. The smallest absolute Gasteiger partial charge is 0.305 e. The molecule has 7 atom stereocenters. The Labute approximate surface area is 507 Å². The largest absolute Gasteiger partial charge is 0.508 e. The summed E-state index contributed by atoms with van der Waals surface area (Å²) in [6, 6.07) is 15.2. The van der Waals surface area contributed by atoms with Gasteiger partial charge in [0.1, 0.15) is 59.5 Å². The summed E-state index contributed by atoms with van der Waals surface area (Å²) in [6.07, 6.45) is 2.12. The Morgan fingerprint density at radius 1 is 0.580 bits per heavy atom. The molecule has 0 radical (unpaired) electrons. The highest BCUT2D eigenvalue weighted by molar-refractivity contribution is 6.00. The minimum atomic E-state index is -1.79. The molecule has 2 saturated heterocycles. The molecular formula is C62H75N11O15. The highest BCUT2D eigenvalue weighted by atomic mass is 16.5. The zero-order valence-corrected chi connectivity index (χ0v) is 49.1. The first-order valence-electron chi connectivity index (χ1n) is 29.0. The number of nitrogens with one attached hydrogen (secondary N) is 9. The number of phenols is 2. The minimum absolute atomic E-state index is 0.0429. The van der Waals surface area contributed by atoms with E-state index in [1.165, 1.54) is 50.6 Å². The van der Waals surface area contributed by atoms with Crippen LogP contribution in [0.4, 0.5) is 0 Å². The molecular weight excluding hydrogens is 1140 g/mol. The molecule has 5 aromatic rings. The summed E-state index contributed by atoms with van der Waals surface area (Å²) in [5.74, 6) is -9.84. The molecule has 7 rings (SSSR count). The number of H-pyrrole nitrogens is 1. The van der Waals surface area contributed by atoms with E-state index in [1.54, 1.807) is 66.9 Å². The van der Waals surface area contributed by atoms with Crippen LogP contribution in [0.1, 0.15) is 74.1 Å². The fraction of sp³-hybridized carbons (Fsp3) is 0.403. The van der Waals surface area contributed by atoms with Crippen molar-refractivity contribution in [1.29, 1.82) is 0 Å². The number of aromatic hydroxyl groups is 2. The maximum atomic E-state index is 14.9. The highest BCUT2D eigenvalue weighted by Crippen LogP contribution is 2.28. The third-order valence-electron chi connectivity index (χ3n) is 15.4. The monoisotopic (exact) mass is 1210 g/mol. The number of aromatic nitrogens is 1. The number of likely N-dealkylation sites (N-methyl/N-ethyl adjacent to an activating group) is 1. The van der Waals surface area contributed by atoms with Crippen LogP contribution >= 0.6 is 0 Å². The number of hydrogen-bond acceptors (Lipinski definition) is 14. The van der Waals surface area contributed by atoms with E-state index in [0.29, 0.717) is 58.2 Å². The number of aromatic amines is 1. The summed E-state index contributed by atoms with van der Waals surface area (Å²) in [5.41, 5.74) is 2.62. The van der Waals surface area contributed by atoms with E-state index in [-0.39, 0.29) is 63.0 Å². The molecule has 0 unspecified atom stereocenters. The Morgan fingerprint density at radius 2 is 1.15 bits per heavy atom. The highest BCUT2D eigenvalue weighted by Gasteiger charge is 2.40. The van der Waals surface area contributed by atoms with Crippen LogP contribution in [0.2, 0.25) is 0 Å². The molecule has 0 spiro atoms. The van der Waals surface area contributed by atoms with Crippen molar-refractivity contribution < 1.29 is 72.8 Å². The number of amides is 10. The molecule has 0 saturated carbocycles. The van der Waals surface area contributed by atoms with Gasteiger partial charge >= 0.3 is 5.97 Å². The first kappa shape index (κ1) is 65.5. The normalized spacial score (nSPS) is 22.0. The first-order valence-corrected chi connectivity index (χ1v) is 29.0. The molecule has 0 bridgehead atoms. The molecule has 2 fully saturated rings. The second-order valence-electron chi connectivity index (χ2n) is 21.7. The Kier molecular flexibility index (Phi) is 23.4. The van der Waals surface area contributed by atoms with E-state index >= 15 is 0 Å². The number of fused-ring (bicyclic) bond motifs is 2. The zero-order chi connectivity index (χ0) is 63.4. The second kappa shape index (κ2) is 31.4. The van der Waals surface area contributed by atoms with Crippen LogP contribution in [0.5, 0.6) is 17.2 Å². The number of phenolic OH excluding ortho intramolecular Hbond substituents is 2. The van der Waals surface area contributed by atoms with Gasteiger partial charge in [0.15, 0.2) is 0 Å². The molecule has 2 aliphatic rings. The summed E-state index contributed by atoms with van der Waals surface area (Å²) in [5, 5.41) is 51.6. The average molecular weight is 1210 g/mol. The summed E-state index contributed by atoms with van der Waals surface area (Å²) in [7, 11) is 2.82. The molecule has 26 nitrogen and oxygen atoms in total. The average Bonchev–Trinajstić information content (AvgIpc) is 3.06. The van der Waals surface area contributed by atoms with Gasteiger partial charge in [0.2, 0.25) is 59.1 Å². The molecule has 88 heavy (non-hydrogen) atoms. The lowest BCUT2D eigenvalue weighted by molar-refractivity contribution is -0.146. The molecule has 2 aliphatic heterocycles. The standard InChI is InChI=1S/C62H75N11O15/c1-4-5-7-15-43-57(82)69-46(30-39-32-64-55-42(39)14-10-17-50(55)88-3)56(81)65-34-52(77)67-44(27-37-18-22-40(74)23-19-37)58(83)71-47(31-54(79)80)62(87)73-26-11-16-48(73)60(85)66-33-51(76)63-35-53(78)72(2)49(29-36-12-8-6-9-13-36)61(86)70-45(59(84)68-43)28-38-20-24-41(75)25-21-38/h6,8-10,12-14,17-25,32,43-49,64,74-75H,4-5,7,11,15-16,26-31,33-35H2,1-3H3,(H,63,76)(H,65,81)(H,66,85)(H,67,77)(H,68,84)(H,69,82)(H,70,86)(H,71,83)(H,79,80)/t43-,44-,45-,46-,47-,48+,49-/m0/s1. The Bertz CT molecular complexity index is 3320. The zero-order valence-electron chi connectivity index (χ0n) is 49.1. The topological polar surface area (TPSA) is 376 Å². The van der Waals surface area contributed by atoms with Gasteiger partial charge in [-0.1, -0.05) is 92.9 Å². The predicted octanol–water partition coefficient (Wildman–Crippen LogP) is 0.518. The van der Waals surface area contributed by atoms with E-state index in [1.807, 2.05) is 6.92 Å². The van der Waals surface area contributed by atoms with Crippen LogP contribution < -0.4 is 47.3 Å². The number of methoxy groups -OCH3 is 1. The lowest BCUT2D eigenvalue weighted by atomic mass is 10.00. The number of para-hydroxylation sites is 1. The lowest BCUT2D eigenvalue weighted by Gasteiger charge is -2.30. The van der Waals surface area contributed by atoms with Crippen LogP contribution in [0, 0.1) is 0 Å². The van der Waals surface area contributed by atoms with Gasteiger partial charge in [-0.15, -0.1) is 0 Å². The van der Waals surface area contributed by atoms with E-state index in [2.05, 4.69) is 47.5 Å².